The summed E-state index contributed by atoms with van der Waals surface area (Å²) in [5.74, 6) is 0.375. The molecule has 120 valence electrons. The van der Waals surface area contributed by atoms with Gasteiger partial charge in [-0.1, -0.05) is 6.92 Å². The largest absolute Gasteiger partial charge is 0.360 e. The first-order valence-electron chi connectivity index (χ1n) is 7.34. The predicted molar refractivity (Wildman–Crippen MR) is 86.5 cm³/mol. The highest BCUT2D eigenvalue weighted by Crippen LogP contribution is 2.24. The summed E-state index contributed by atoms with van der Waals surface area (Å²) in [5, 5.41) is 20.1. The van der Waals surface area contributed by atoms with Crippen molar-refractivity contribution in [3.8, 4) is 12.1 Å². The second kappa shape index (κ2) is 7.28. The van der Waals surface area contributed by atoms with Crippen LogP contribution >= 0.6 is 0 Å². The Labute approximate surface area is 136 Å². The Hall–Kier alpha value is -2.35. The van der Waals surface area contributed by atoms with E-state index in [1.807, 2.05) is 0 Å². The quantitative estimate of drug-likeness (QED) is 0.855. The van der Waals surface area contributed by atoms with Gasteiger partial charge in [0.1, 0.15) is 17.7 Å². The molecule has 1 heterocycles. The highest BCUT2D eigenvalue weighted by molar-refractivity contribution is 7.89. The Kier molecular flexibility index (Phi) is 5.38. The Bertz CT molecular complexity index is 754. The summed E-state index contributed by atoms with van der Waals surface area (Å²) in [7, 11) is -3.47. The minimum Gasteiger partial charge on any atom is -0.360 e. The van der Waals surface area contributed by atoms with Crippen molar-refractivity contribution in [3.63, 3.8) is 0 Å². The van der Waals surface area contributed by atoms with Gasteiger partial charge in [-0.3, -0.25) is 0 Å². The van der Waals surface area contributed by atoms with E-state index in [2.05, 4.69) is 12.2 Å². The van der Waals surface area contributed by atoms with Gasteiger partial charge in [0.15, 0.2) is 0 Å². The van der Waals surface area contributed by atoms with Crippen molar-refractivity contribution in [1.29, 1.82) is 10.5 Å². The van der Waals surface area contributed by atoms with Crippen LogP contribution < -0.4 is 5.32 Å². The van der Waals surface area contributed by atoms with E-state index in [1.165, 1.54) is 22.6 Å². The Morgan fingerprint density at radius 3 is 2.52 bits per heavy atom. The van der Waals surface area contributed by atoms with Crippen molar-refractivity contribution in [2.75, 3.05) is 18.4 Å². The molecule has 0 radical (unpaired) electrons. The first-order valence-corrected chi connectivity index (χ1v) is 8.78. The van der Waals surface area contributed by atoms with Crippen LogP contribution in [0.3, 0.4) is 0 Å². The molecule has 23 heavy (non-hydrogen) atoms. The van der Waals surface area contributed by atoms with Crippen LogP contribution in [0.2, 0.25) is 0 Å². The lowest BCUT2D eigenvalue weighted by Crippen LogP contribution is -2.39. The first kappa shape index (κ1) is 17.0. The van der Waals surface area contributed by atoms with E-state index in [0.717, 1.165) is 12.8 Å². The summed E-state index contributed by atoms with van der Waals surface area (Å²) in [6, 6.07) is 9.77. The first-order chi connectivity index (χ1) is 11.0. The highest BCUT2D eigenvalue weighted by Gasteiger charge is 2.28. The molecule has 0 aromatic heterocycles. The van der Waals surface area contributed by atoms with Gasteiger partial charge in [0.25, 0.3) is 0 Å². The van der Waals surface area contributed by atoms with Crippen LogP contribution in [-0.2, 0) is 10.0 Å². The van der Waals surface area contributed by atoms with E-state index >= 15 is 0 Å². The van der Waals surface area contributed by atoms with E-state index in [-0.39, 0.29) is 10.5 Å². The Morgan fingerprint density at radius 1 is 1.30 bits per heavy atom. The lowest BCUT2D eigenvalue weighted by molar-refractivity contribution is 0.281. The molecule has 1 aromatic carbocycles. The second-order valence-corrected chi connectivity index (χ2v) is 7.50. The standard InChI is InChI=1S/C16H18N4O2S/c1-13-3-2-8-20(12-13)23(21,22)16-6-4-15(5-7-16)19-11-14(9-17)10-18/h4-7,11,13,19H,2-3,8,12H2,1H3/t13-/m0/s1. The van der Waals surface area contributed by atoms with Crippen molar-refractivity contribution in [2.24, 2.45) is 5.92 Å². The van der Waals surface area contributed by atoms with Gasteiger partial charge < -0.3 is 5.32 Å². The van der Waals surface area contributed by atoms with Crippen LogP contribution in [0.25, 0.3) is 0 Å². The van der Waals surface area contributed by atoms with Gasteiger partial charge >= 0.3 is 0 Å². The van der Waals surface area contributed by atoms with Gasteiger partial charge in [-0.05, 0) is 43.0 Å². The fraction of sp³-hybridized carbons (Fsp3) is 0.375. The van der Waals surface area contributed by atoms with Gasteiger partial charge in [0.2, 0.25) is 10.0 Å². The zero-order chi connectivity index (χ0) is 16.9. The van der Waals surface area contributed by atoms with Crippen molar-refractivity contribution in [1.82, 2.24) is 4.31 Å². The van der Waals surface area contributed by atoms with Gasteiger partial charge in [-0.15, -0.1) is 0 Å². The number of piperidine rings is 1. The van der Waals surface area contributed by atoms with Crippen molar-refractivity contribution in [3.05, 3.63) is 36.0 Å². The topological polar surface area (TPSA) is 97.0 Å². The second-order valence-electron chi connectivity index (χ2n) is 5.56. The van der Waals surface area contributed by atoms with Crippen molar-refractivity contribution < 1.29 is 8.42 Å². The summed E-state index contributed by atoms with van der Waals surface area (Å²) >= 11 is 0. The Balaban J connectivity index is 2.14. The molecule has 1 aliphatic rings. The molecule has 7 heteroatoms. The zero-order valence-corrected chi connectivity index (χ0v) is 13.7. The zero-order valence-electron chi connectivity index (χ0n) is 12.9. The van der Waals surface area contributed by atoms with Gasteiger partial charge in [-0.25, -0.2) is 8.42 Å². The van der Waals surface area contributed by atoms with Crippen LogP contribution in [-0.4, -0.2) is 25.8 Å². The van der Waals surface area contributed by atoms with E-state index in [1.54, 1.807) is 24.3 Å². The van der Waals surface area contributed by atoms with Crippen molar-refractivity contribution in [2.45, 2.75) is 24.7 Å². The molecular weight excluding hydrogens is 312 g/mol. The molecule has 0 unspecified atom stereocenters. The number of nitriles is 2. The number of hydrogen-bond donors (Lipinski definition) is 1. The molecule has 1 atom stereocenters. The molecule has 1 saturated heterocycles. The normalized spacial score (nSPS) is 18.5. The van der Waals surface area contributed by atoms with Crippen LogP contribution in [0.4, 0.5) is 5.69 Å². The monoisotopic (exact) mass is 330 g/mol. The third-order valence-corrected chi connectivity index (χ3v) is 5.62. The molecule has 0 aliphatic carbocycles. The highest BCUT2D eigenvalue weighted by atomic mass is 32.2. The molecule has 2 rings (SSSR count). The van der Waals surface area contributed by atoms with E-state index in [9.17, 15) is 8.42 Å². The molecule has 1 aliphatic heterocycles. The number of hydrogen-bond acceptors (Lipinski definition) is 5. The number of sulfonamides is 1. The lowest BCUT2D eigenvalue weighted by Gasteiger charge is -2.30. The average Bonchev–Trinajstić information content (AvgIpc) is 2.56. The lowest BCUT2D eigenvalue weighted by atomic mass is 10.0. The molecule has 0 saturated carbocycles. The SMILES string of the molecule is C[C@H]1CCCN(S(=O)(=O)c2ccc(NC=C(C#N)C#N)cc2)C1. The smallest absolute Gasteiger partial charge is 0.243 e. The maximum atomic E-state index is 12.6. The maximum Gasteiger partial charge on any atom is 0.243 e. The molecular formula is C16H18N4O2S. The third kappa shape index (κ3) is 4.10. The van der Waals surface area contributed by atoms with Gasteiger partial charge in [0.05, 0.1) is 4.90 Å². The number of nitrogens with one attached hydrogen (secondary N) is 1. The van der Waals surface area contributed by atoms with Gasteiger partial charge in [0, 0.05) is 25.0 Å². The average molecular weight is 330 g/mol. The third-order valence-electron chi connectivity index (χ3n) is 3.74. The van der Waals surface area contributed by atoms with Crippen LogP contribution in [0.5, 0.6) is 0 Å². The molecule has 1 aromatic rings. The molecule has 0 spiro atoms. The van der Waals surface area contributed by atoms with Crippen LogP contribution in [0.1, 0.15) is 19.8 Å². The van der Waals surface area contributed by atoms with Crippen molar-refractivity contribution >= 4 is 15.7 Å². The van der Waals surface area contributed by atoms with Crippen LogP contribution in [0, 0.1) is 28.6 Å². The molecule has 0 bridgehead atoms. The number of allylic oxidation sites excluding steroid dienone is 1. The summed E-state index contributed by atoms with van der Waals surface area (Å²) in [6.07, 6.45) is 3.23. The van der Waals surface area contributed by atoms with E-state index in [4.69, 9.17) is 10.5 Å². The molecule has 0 amide bonds. The fourth-order valence-corrected chi connectivity index (χ4v) is 4.08. The summed E-state index contributed by atoms with van der Waals surface area (Å²) in [4.78, 5) is 0.252. The number of benzene rings is 1. The number of rotatable bonds is 4. The summed E-state index contributed by atoms with van der Waals surface area (Å²) in [6.45, 7) is 3.17. The minimum absolute atomic E-state index is 0.0518. The predicted octanol–water partition coefficient (Wildman–Crippen LogP) is 2.45. The van der Waals surface area contributed by atoms with E-state index < -0.39 is 10.0 Å². The number of anilines is 1. The molecule has 1 fully saturated rings. The number of nitrogens with zero attached hydrogens (tertiary/aromatic N) is 3. The molecule has 1 N–H and O–H groups in total. The van der Waals surface area contributed by atoms with Gasteiger partial charge in [-0.2, -0.15) is 14.8 Å². The van der Waals surface area contributed by atoms with E-state index in [0.29, 0.717) is 24.7 Å². The summed E-state index contributed by atoms with van der Waals surface area (Å²) < 4.78 is 26.8. The minimum atomic E-state index is -3.47. The molecule has 6 nitrogen and oxygen atoms in total. The Morgan fingerprint density at radius 2 is 1.96 bits per heavy atom. The van der Waals surface area contributed by atoms with Crippen LogP contribution in [0.15, 0.2) is 40.9 Å². The summed E-state index contributed by atoms with van der Waals surface area (Å²) in [5.41, 5.74) is 0.558. The maximum absolute atomic E-state index is 12.6. The fourth-order valence-electron chi connectivity index (χ4n) is 2.48.